The molecule has 0 atom stereocenters. The largest absolute Gasteiger partial charge is 0.341 e. The number of pyridine rings is 1. The normalized spacial score (nSPS) is 10.1. The molecule has 0 bridgehead atoms. The number of carbonyl (C=O) groups excluding carboxylic acids is 1. The number of aryl methyl sites for hydroxylation is 1. The number of hydrogen-bond acceptors (Lipinski definition) is 4. The third-order valence-corrected chi connectivity index (χ3v) is 2.43. The van der Waals surface area contributed by atoms with Crippen LogP contribution in [0.3, 0.4) is 0 Å². The van der Waals surface area contributed by atoms with E-state index in [1.54, 1.807) is 14.0 Å². The van der Waals surface area contributed by atoms with Gasteiger partial charge in [-0.1, -0.05) is 6.92 Å². The molecule has 6 heteroatoms. The first kappa shape index (κ1) is 13.1. The monoisotopic (exact) mass is 237 g/mol. The number of nitrogens with zero attached hydrogens (tertiary/aromatic N) is 3. The lowest BCUT2D eigenvalue weighted by molar-refractivity contribution is -0.385. The van der Waals surface area contributed by atoms with Gasteiger partial charge in [0.05, 0.1) is 10.6 Å². The van der Waals surface area contributed by atoms with E-state index in [1.807, 2.05) is 6.92 Å². The van der Waals surface area contributed by atoms with Gasteiger partial charge in [0.15, 0.2) is 0 Å². The number of carbonyl (C=O) groups is 1. The predicted octanol–water partition coefficient (Wildman–Crippen LogP) is 1.78. The molecule has 1 aromatic rings. The van der Waals surface area contributed by atoms with Gasteiger partial charge in [-0.3, -0.25) is 19.9 Å². The lowest BCUT2D eigenvalue weighted by Gasteiger charge is -2.16. The fourth-order valence-corrected chi connectivity index (χ4v) is 1.60. The summed E-state index contributed by atoms with van der Waals surface area (Å²) in [5, 5.41) is 10.9. The molecule has 0 aliphatic carbocycles. The molecular formula is C11H15N3O3. The molecule has 0 N–H and O–H groups in total. The van der Waals surface area contributed by atoms with E-state index in [2.05, 4.69) is 4.98 Å². The smallest absolute Gasteiger partial charge is 0.285 e. The highest BCUT2D eigenvalue weighted by Gasteiger charge is 2.25. The fraction of sp³-hybridized carbons (Fsp3) is 0.455. The van der Waals surface area contributed by atoms with Gasteiger partial charge >= 0.3 is 0 Å². The van der Waals surface area contributed by atoms with Crippen LogP contribution in [0.15, 0.2) is 12.3 Å². The average molecular weight is 237 g/mol. The summed E-state index contributed by atoms with van der Waals surface area (Å²) in [7, 11) is 1.63. The molecule has 6 nitrogen and oxygen atoms in total. The summed E-state index contributed by atoms with van der Waals surface area (Å²) in [5.41, 5.74) is 0.269. The molecule has 1 rings (SSSR count). The van der Waals surface area contributed by atoms with Crippen molar-refractivity contribution in [3.63, 3.8) is 0 Å². The molecule has 17 heavy (non-hydrogen) atoms. The number of rotatable bonds is 4. The molecule has 1 heterocycles. The minimum absolute atomic E-state index is 0.0773. The Morgan fingerprint density at radius 2 is 2.24 bits per heavy atom. The van der Waals surface area contributed by atoms with E-state index in [4.69, 9.17) is 0 Å². The second-order valence-electron chi connectivity index (χ2n) is 3.77. The third kappa shape index (κ3) is 2.77. The van der Waals surface area contributed by atoms with E-state index in [0.29, 0.717) is 12.2 Å². The van der Waals surface area contributed by atoms with Gasteiger partial charge in [-0.2, -0.15) is 0 Å². The van der Waals surface area contributed by atoms with Crippen molar-refractivity contribution in [1.29, 1.82) is 0 Å². The minimum atomic E-state index is -0.554. The van der Waals surface area contributed by atoms with Gasteiger partial charge in [0.25, 0.3) is 11.6 Å². The van der Waals surface area contributed by atoms with Crippen LogP contribution < -0.4 is 0 Å². The zero-order valence-electron chi connectivity index (χ0n) is 10.1. The van der Waals surface area contributed by atoms with E-state index in [9.17, 15) is 14.9 Å². The lowest BCUT2D eigenvalue weighted by atomic mass is 10.1. The second kappa shape index (κ2) is 5.38. The van der Waals surface area contributed by atoms with Crippen LogP contribution in [-0.4, -0.2) is 34.3 Å². The van der Waals surface area contributed by atoms with E-state index in [-0.39, 0.29) is 17.2 Å². The highest BCUT2D eigenvalue weighted by molar-refractivity contribution is 5.98. The van der Waals surface area contributed by atoms with Crippen LogP contribution in [-0.2, 0) is 0 Å². The maximum absolute atomic E-state index is 12.1. The lowest BCUT2D eigenvalue weighted by Crippen LogP contribution is -2.29. The number of amides is 1. The second-order valence-corrected chi connectivity index (χ2v) is 3.77. The molecule has 0 saturated carbocycles. The molecule has 0 unspecified atom stereocenters. The van der Waals surface area contributed by atoms with Crippen molar-refractivity contribution in [2.75, 3.05) is 13.6 Å². The van der Waals surface area contributed by atoms with Gasteiger partial charge in [-0.05, 0) is 13.3 Å². The SMILES string of the molecule is CCCN(C)C(=O)c1c([N+](=O)[O-])ccnc1C. The van der Waals surface area contributed by atoms with Gasteiger partial charge in [0.1, 0.15) is 5.56 Å². The van der Waals surface area contributed by atoms with Gasteiger partial charge < -0.3 is 4.90 Å². The molecular weight excluding hydrogens is 222 g/mol. The summed E-state index contributed by atoms with van der Waals surface area (Å²) in [6, 6.07) is 1.25. The van der Waals surface area contributed by atoms with Crippen LogP contribution >= 0.6 is 0 Å². The zero-order chi connectivity index (χ0) is 13.0. The van der Waals surface area contributed by atoms with Crippen LogP contribution in [0.4, 0.5) is 5.69 Å². The van der Waals surface area contributed by atoms with Gasteiger partial charge in [0, 0.05) is 25.9 Å². The molecule has 0 spiro atoms. The summed E-state index contributed by atoms with van der Waals surface area (Å²) in [5.74, 6) is -0.357. The molecule has 0 saturated heterocycles. The van der Waals surface area contributed by atoms with Crippen molar-refractivity contribution in [1.82, 2.24) is 9.88 Å². The average Bonchev–Trinajstić information content (AvgIpc) is 2.28. The maximum atomic E-state index is 12.1. The van der Waals surface area contributed by atoms with Crippen molar-refractivity contribution in [2.24, 2.45) is 0 Å². The van der Waals surface area contributed by atoms with E-state index >= 15 is 0 Å². The molecule has 0 aliphatic rings. The molecule has 0 fully saturated rings. The Morgan fingerprint density at radius 3 is 2.76 bits per heavy atom. The van der Waals surface area contributed by atoms with Gasteiger partial charge in [0.2, 0.25) is 0 Å². The van der Waals surface area contributed by atoms with Crippen molar-refractivity contribution < 1.29 is 9.72 Å². The Hall–Kier alpha value is -1.98. The molecule has 1 aromatic heterocycles. The first-order chi connectivity index (χ1) is 7.99. The number of hydrogen-bond donors (Lipinski definition) is 0. The third-order valence-electron chi connectivity index (χ3n) is 2.43. The van der Waals surface area contributed by atoms with E-state index in [0.717, 1.165) is 6.42 Å². The summed E-state index contributed by atoms with van der Waals surface area (Å²) in [4.78, 5) is 27.8. The van der Waals surface area contributed by atoms with Crippen LogP contribution in [0.2, 0.25) is 0 Å². The number of nitro groups is 1. The highest BCUT2D eigenvalue weighted by Crippen LogP contribution is 2.21. The first-order valence-electron chi connectivity index (χ1n) is 5.34. The van der Waals surface area contributed by atoms with Crippen LogP contribution in [0.5, 0.6) is 0 Å². The Balaban J connectivity index is 3.20. The predicted molar refractivity (Wildman–Crippen MR) is 62.9 cm³/mol. The Labute approximate surface area is 99.4 Å². The molecule has 0 radical (unpaired) electrons. The summed E-state index contributed by atoms with van der Waals surface area (Å²) < 4.78 is 0. The Kier molecular flexibility index (Phi) is 4.14. The van der Waals surface area contributed by atoms with Crippen molar-refractivity contribution in [3.8, 4) is 0 Å². The molecule has 0 aromatic carbocycles. The summed E-state index contributed by atoms with van der Waals surface area (Å²) in [6.45, 7) is 4.10. The molecule has 92 valence electrons. The van der Waals surface area contributed by atoms with E-state index in [1.165, 1.54) is 17.2 Å². The van der Waals surface area contributed by atoms with Crippen molar-refractivity contribution >= 4 is 11.6 Å². The van der Waals surface area contributed by atoms with Crippen molar-refractivity contribution in [3.05, 3.63) is 33.6 Å². The van der Waals surface area contributed by atoms with Gasteiger partial charge in [-0.15, -0.1) is 0 Å². The Bertz CT molecular complexity index is 446. The zero-order valence-corrected chi connectivity index (χ0v) is 10.1. The molecule has 0 aliphatic heterocycles. The van der Waals surface area contributed by atoms with Gasteiger partial charge in [-0.25, -0.2) is 0 Å². The maximum Gasteiger partial charge on any atom is 0.285 e. The topological polar surface area (TPSA) is 76.3 Å². The highest BCUT2D eigenvalue weighted by atomic mass is 16.6. The quantitative estimate of drug-likeness (QED) is 0.590. The fourth-order valence-electron chi connectivity index (χ4n) is 1.60. The molecule has 1 amide bonds. The number of aromatic nitrogens is 1. The van der Waals surface area contributed by atoms with E-state index < -0.39 is 4.92 Å². The van der Waals surface area contributed by atoms with Crippen LogP contribution in [0, 0.1) is 17.0 Å². The Morgan fingerprint density at radius 1 is 1.59 bits per heavy atom. The summed E-state index contributed by atoms with van der Waals surface area (Å²) >= 11 is 0. The minimum Gasteiger partial charge on any atom is -0.341 e. The summed E-state index contributed by atoms with van der Waals surface area (Å²) in [6.07, 6.45) is 2.14. The van der Waals surface area contributed by atoms with Crippen LogP contribution in [0.25, 0.3) is 0 Å². The van der Waals surface area contributed by atoms with Crippen LogP contribution in [0.1, 0.15) is 29.4 Å². The van der Waals surface area contributed by atoms with Crippen molar-refractivity contribution in [2.45, 2.75) is 20.3 Å². The standard InChI is InChI=1S/C11H15N3O3/c1-4-7-13(3)11(15)10-8(2)12-6-5-9(10)14(16)17/h5-6H,4,7H2,1-3H3. The first-order valence-corrected chi connectivity index (χ1v) is 5.34.